The monoisotopic (exact) mass is 335 g/mol. The first-order chi connectivity index (χ1) is 11.2. The van der Waals surface area contributed by atoms with Crippen LogP contribution < -0.4 is 0 Å². The van der Waals surface area contributed by atoms with Crippen LogP contribution in [0.1, 0.15) is 72.5 Å². The summed E-state index contributed by atoms with van der Waals surface area (Å²) in [6.07, 6.45) is 2.09. The number of aliphatic hydroxyl groups excluding tert-OH is 1. The highest BCUT2D eigenvalue weighted by Gasteiger charge is 2.53. The van der Waals surface area contributed by atoms with Crippen molar-refractivity contribution in [3.8, 4) is 5.75 Å². The van der Waals surface area contributed by atoms with Crippen molar-refractivity contribution in [3.05, 3.63) is 29.8 Å². The molecule has 0 spiro atoms. The molecule has 2 N–H and O–H groups in total. The SMILES string of the molecule is CCC1(C)CC(O)C(C)C(C)(CC)N1OC(C)c1ccc(O)cc1. The van der Waals surface area contributed by atoms with Gasteiger partial charge in [-0.15, -0.1) is 0 Å². The van der Waals surface area contributed by atoms with Crippen LogP contribution >= 0.6 is 0 Å². The van der Waals surface area contributed by atoms with Crippen LogP contribution in [0.25, 0.3) is 0 Å². The van der Waals surface area contributed by atoms with Crippen molar-refractivity contribution in [2.24, 2.45) is 5.92 Å². The maximum Gasteiger partial charge on any atom is 0.115 e. The van der Waals surface area contributed by atoms with E-state index in [9.17, 15) is 10.2 Å². The third kappa shape index (κ3) is 3.32. The second-order valence-electron chi connectivity index (χ2n) is 7.75. The second kappa shape index (κ2) is 7.03. The summed E-state index contributed by atoms with van der Waals surface area (Å²) in [5.74, 6) is 0.395. The van der Waals surface area contributed by atoms with E-state index < -0.39 is 0 Å². The molecule has 0 amide bonds. The topological polar surface area (TPSA) is 52.9 Å². The zero-order chi connectivity index (χ0) is 18.1. The summed E-state index contributed by atoms with van der Waals surface area (Å²) >= 11 is 0. The zero-order valence-corrected chi connectivity index (χ0v) is 15.9. The third-order valence-corrected chi connectivity index (χ3v) is 6.26. The van der Waals surface area contributed by atoms with E-state index in [1.54, 1.807) is 12.1 Å². The number of hydroxylamine groups is 2. The number of aliphatic hydroxyl groups is 1. The maximum atomic E-state index is 10.6. The predicted octanol–water partition coefficient (Wildman–Crippen LogP) is 4.42. The Kier molecular flexibility index (Phi) is 5.63. The summed E-state index contributed by atoms with van der Waals surface area (Å²) < 4.78 is 0. The molecule has 1 saturated heterocycles. The molecule has 4 nitrogen and oxygen atoms in total. The zero-order valence-electron chi connectivity index (χ0n) is 15.9. The van der Waals surface area contributed by atoms with Gasteiger partial charge in [0.05, 0.1) is 6.10 Å². The standard InChI is InChI=1S/C20H33NO3/c1-7-19(5)13-18(23)14(3)20(6,8-2)21(19)24-15(4)16-9-11-17(22)12-10-16/h9-12,14-15,18,22-23H,7-8,13H2,1-6H3. The van der Waals surface area contributed by atoms with E-state index in [-0.39, 0.29) is 35.0 Å². The molecule has 136 valence electrons. The van der Waals surface area contributed by atoms with Gasteiger partial charge in [-0.05, 0) is 57.7 Å². The third-order valence-electron chi connectivity index (χ3n) is 6.26. The van der Waals surface area contributed by atoms with Gasteiger partial charge in [-0.3, -0.25) is 4.84 Å². The summed E-state index contributed by atoms with van der Waals surface area (Å²) in [4.78, 5) is 6.49. The highest BCUT2D eigenvalue weighted by molar-refractivity contribution is 5.27. The van der Waals surface area contributed by atoms with Gasteiger partial charge in [-0.25, -0.2) is 0 Å². The molecule has 1 aromatic carbocycles. The minimum Gasteiger partial charge on any atom is -0.508 e. The number of rotatable bonds is 5. The Morgan fingerprint density at radius 2 is 1.79 bits per heavy atom. The molecule has 5 atom stereocenters. The highest BCUT2D eigenvalue weighted by atomic mass is 16.7. The quantitative estimate of drug-likeness (QED) is 0.836. The fraction of sp³-hybridized carbons (Fsp3) is 0.700. The van der Waals surface area contributed by atoms with Crippen molar-refractivity contribution in [3.63, 3.8) is 0 Å². The molecule has 0 saturated carbocycles. The molecule has 2 rings (SSSR count). The molecule has 0 aromatic heterocycles. The lowest BCUT2D eigenvalue weighted by Crippen LogP contribution is -2.67. The smallest absolute Gasteiger partial charge is 0.115 e. The molecule has 0 bridgehead atoms. The summed E-state index contributed by atoms with van der Waals surface area (Å²) in [5, 5.41) is 22.2. The Bertz CT molecular complexity index is 546. The number of piperidine rings is 1. The Hall–Kier alpha value is -1.10. The van der Waals surface area contributed by atoms with Gasteiger partial charge in [0.1, 0.15) is 11.9 Å². The number of nitrogens with zero attached hydrogens (tertiary/aromatic N) is 1. The number of benzene rings is 1. The van der Waals surface area contributed by atoms with Crippen LogP contribution in [0, 0.1) is 5.92 Å². The predicted molar refractivity (Wildman–Crippen MR) is 96.6 cm³/mol. The molecular weight excluding hydrogens is 302 g/mol. The van der Waals surface area contributed by atoms with E-state index in [4.69, 9.17) is 4.84 Å². The molecule has 0 aliphatic carbocycles. The second-order valence-corrected chi connectivity index (χ2v) is 7.75. The van der Waals surface area contributed by atoms with Gasteiger partial charge < -0.3 is 10.2 Å². The van der Waals surface area contributed by atoms with Crippen molar-refractivity contribution in [1.29, 1.82) is 0 Å². The van der Waals surface area contributed by atoms with E-state index >= 15 is 0 Å². The number of aromatic hydroxyl groups is 1. The molecule has 4 heteroatoms. The normalized spacial score (nSPS) is 35.8. The Balaban J connectivity index is 2.33. The molecular formula is C20H33NO3. The van der Waals surface area contributed by atoms with Crippen LogP contribution in [0.4, 0.5) is 0 Å². The van der Waals surface area contributed by atoms with E-state index in [2.05, 4.69) is 39.7 Å². The van der Waals surface area contributed by atoms with E-state index in [1.807, 2.05) is 19.1 Å². The first kappa shape index (κ1) is 19.2. The van der Waals surface area contributed by atoms with Crippen molar-refractivity contribution in [1.82, 2.24) is 5.06 Å². The van der Waals surface area contributed by atoms with E-state index in [0.29, 0.717) is 6.42 Å². The first-order valence-electron chi connectivity index (χ1n) is 9.12. The Morgan fingerprint density at radius 3 is 2.29 bits per heavy atom. The molecule has 1 aliphatic heterocycles. The van der Waals surface area contributed by atoms with Gasteiger partial charge in [-0.1, -0.05) is 32.9 Å². The summed E-state index contributed by atoms with van der Waals surface area (Å²) in [5.41, 5.74) is 0.596. The molecule has 0 radical (unpaired) electrons. The first-order valence-corrected chi connectivity index (χ1v) is 9.12. The number of phenolic OH excluding ortho intramolecular Hbond substituents is 1. The van der Waals surface area contributed by atoms with E-state index in [1.165, 1.54) is 0 Å². The average Bonchev–Trinajstić information content (AvgIpc) is 2.57. The Labute approximate surface area is 146 Å². The van der Waals surface area contributed by atoms with Crippen molar-refractivity contribution >= 4 is 0 Å². The van der Waals surface area contributed by atoms with Crippen molar-refractivity contribution in [2.75, 3.05) is 0 Å². The van der Waals surface area contributed by atoms with Gasteiger partial charge in [0.15, 0.2) is 0 Å². The largest absolute Gasteiger partial charge is 0.508 e. The number of hydrogen-bond acceptors (Lipinski definition) is 4. The highest BCUT2D eigenvalue weighted by Crippen LogP contribution is 2.47. The fourth-order valence-corrected chi connectivity index (χ4v) is 3.89. The van der Waals surface area contributed by atoms with Crippen LogP contribution in [0.2, 0.25) is 0 Å². The van der Waals surface area contributed by atoms with Gasteiger partial charge in [0, 0.05) is 17.0 Å². The molecule has 1 aromatic rings. The van der Waals surface area contributed by atoms with Gasteiger partial charge >= 0.3 is 0 Å². The molecule has 1 heterocycles. The maximum absolute atomic E-state index is 10.6. The number of hydrogen-bond donors (Lipinski definition) is 2. The van der Waals surface area contributed by atoms with Crippen LogP contribution in [0.3, 0.4) is 0 Å². The lowest BCUT2D eigenvalue weighted by atomic mass is 9.69. The molecule has 24 heavy (non-hydrogen) atoms. The van der Waals surface area contributed by atoms with Crippen molar-refractivity contribution < 1.29 is 15.1 Å². The van der Waals surface area contributed by atoms with Crippen LogP contribution in [-0.4, -0.2) is 32.5 Å². The van der Waals surface area contributed by atoms with Crippen LogP contribution in [0.5, 0.6) is 5.75 Å². The summed E-state index contributed by atoms with van der Waals surface area (Å²) in [6, 6.07) is 7.18. The minimum absolute atomic E-state index is 0.121. The lowest BCUT2D eigenvalue weighted by Gasteiger charge is -2.59. The van der Waals surface area contributed by atoms with Crippen LogP contribution in [0.15, 0.2) is 24.3 Å². The summed E-state index contributed by atoms with van der Waals surface area (Å²) in [6.45, 7) is 12.8. The minimum atomic E-state index is -0.316. The van der Waals surface area contributed by atoms with Gasteiger partial charge in [0.2, 0.25) is 0 Å². The van der Waals surface area contributed by atoms with Crippen LogP contribution in [-0.2, 0) is 4.84 Å². The van der Waals surface area contributed by atoms with Gasteiger partial charge in [0.25, 0.3) is 0 Å². The average molecular weight is 335 g/mol. The summed E-state index contributed by atoms with van der Waals surface area (Å²) in [7, 11) is 0. The lowest BCUT2D eigenvalue weighted by molar-refractivity contribution is -0.336. The molecule has 5 unspecified atom stereocenters. The van der Waals surface area contributed by atoms with Gasteiger partial charge in [-0.2, -0.15) is 5.06 Å². The fourth-order valence-electron chi connectivity index (χ4n) is 3.89. The molecule has 1 aliphatic rings. The molecule has 1 fully saturated rings. The Morgan fingerprint density at radius 1 is 1.21 bits per heavy atom. The van der Waals surface area contributed by atoms with E-state index in [0.717, 1.165) is 18.4 Å². The number of phenols is 1. The van der Waals surface area contributed by atoms with Crippen molar-refractivity contribution in [2.45, 2.75) is 84.1 Å².